The number of carbonyl (C=O) groups is 2. The van der Waals surface area contributed by atoms with Gasteiger partial charge in [0.2, 0.25) is 5.91 Å². The summed E-state index contributed by atoms with van der Waals surface area (Å²) >= 11 is 0. The molecule has 0 bridgehead atoms. The lowest BCUT2D eigenvalue weighted by Crippen LogP contribution is -2.46. The molecule has 3 unspecified atom stereocenters. The Bertz CT molecular complexity index is 1050. The second-order valence-electron chi connectivity index (χ2n) is 9.75. The maximum absolute atomic E-state index is 14.9. The first-order chi connectivity index (χ1) is 16.8. The van der Waals surface area contributed by atoms with E-state index < -0.39 is 0 Å². The number of amides is 3. The van der Waals surface area contributed by atoms with E-state index in [1.807, 2.05) is 56.0 Å². The molecule has 0 saturated carbocycles. The summed E-state index contributed by atoms with van der Waals surface area (Å²) in [7, 11) is 0. The quantitative estimate of drug-likeness (QED) is 0.666. The van der Waals surface area contributed by atoms with Gasteiger partial charge in [-0.05, 0) is 69.0 Å². The zero-order valence-corrected chi connectivity index (χ0v) is 20.7. The Labute approximate surface area is 206 Å². The van der Waals surface area contributed by atoms with Crippen molar-refractivity contribution in [3.63, 3.8) is 0 Å². The third-order valence-corrected chi connectivity index (χ3v) is 6.59. The fourth-order valence-corrected chi connectivity index (χ4v) is 4.93. The summed E-state index contributed by atoms with van der Waals surface area (Å²) in [6.45, 7) is 8.47. The van der Waals surface area contributed by atoms with Gasteiger partial charge in [0, 0.05) is 38.4 Å². The molecule has 2 aromatic rings. The fraction of sp³-hybridized carbons (Fsp3) is 0.481. The van der Waals surface area contributed by atoms with Gasteiger partial charge >= 0.3 is 6.03 Å². The third-order valence-electron chi connectivity index (χ3n) is 6.59. The number of likely N-dealkylation sites (tertiary alicyclic amines) is 1. The van der Waals surface area contributed by atoms with Gasteiger partial charge in [-0.25, -0.2) is 9.18 Å². The number of halogens is 1. The zero-order chi connectivity index (χ0) is 24.9. The number of hydrogen-bond donors (Lipinski definition) is 2. The number of aryl methyl sites for hydroxylation is 1. The minimum absolute atomic E-state index is 0.0473. The number of nitrogens with zero attached hydrogens (tertiary/aromatic N) is 2. The van der Waals surface area contributed by atoms with E-state index in [0.29, 0.717) is 37.4 Å². The van der Waals surface area contributed by atoms with Crippen molar-refractivity contribution in [1.82, 2.24) is 10.2 Å². The highest BCUT2D eigenvalue weighted by Gasteiger charge is 2.29. The SMILES string of the molecule is Cc1cccc(NC(=O)N2CCCC(C(=O)NCc3ccc(N4CC(C)OC(C)C4)c(F)c3)C2)c1. The van der Waals surface area contributed by atoms with Crippen LogP contribution in [0.1, 0.15) is 37.8 Å². The number of rotatable bonds is 5. The van der Waals surface area contributed by atoms with Gasteiger partial charge in [0.15, 0.2) is 0 Å². The number of benzene rings is 2. The summed E-state index contributed by atoms with van der Waals surface area (Å²) in [5.41, 5.74) is 3.08. The number of hydrogen-bond acceptors (Lipinski definition) is 4. The van der Waals surface area contributed by atoms with Crippen LogP contribution >= 0.6 is 0 Å². The van der Waals surface area contributed by atoms with Crippen molar-refractivity contribution < 1.29 is 18.7 Å². The second-order valence-corrected chi connectivity index (χ2v) is 9.75. The van der Waals surface area contributed by atoms with Crippen molar-refractivity contribution in [2.24, 2.45) is 5.92 Å². The van der Waals surface area contributed by atoms with Crippen LogP contribution in [0.5, 0.6) is 0 Å². The maximum Gasteiger partial charge on any atom is 0.321 e. The summed E-state index contributed by atoms with van der Waals surface area (Å²) in [6.07, 6.45) is 1.58. The highest BCUT2D eigenvalue weighted by atomic mass is 19.1. The number of piperidine rings is 1. The van der Waals surface area contributed by atoms with Gasteiger partial charge in [0.25, 0.3) is 0 Å². The van der Waals surface area contributed by atoms with Crippen LogP contribution in [0, 0.1) is 18.7 Å². The molecular formula is C27H35FN4O3. The molecule has 0 radical (unpaired) electrons. The molecule has 2 saturated heterocycles. The highest BCUT2D eigenvalue weighted by molar-refractivity contribution is 5.90. The van der Waals surface area contributed by atoms with Crippen LogP contribution in [0.4, 0.5) is 20.6 Å². The molecule has 2 fully saturated rings. The van der Waals surface area contributed by atoms with Crippen LogP contribution in [-0.2, 0) is 16.1 Å². The number of carbonyl (C=O) groups excluding carboxylic acids is 2. The molecule has 188 valence electrons. The van der Waals surface area contributed by atoms with Crippen LogP contribution in [-0.4, -0.2) is 55.2 Å². The van der Waals surface area contributed by atoms with Crippen molar-refractivity contribution in [3.8, 4) is 0 Å². The van der Waals surface area contributed by atoms with Gasteiger partial charge in [0.05, 0.1) is 23.8 Å². The molecule has 4 rings (SSSR count). The van der Waals surface area contributed by atoms with Crippen LogP contribution in [0.15, 0.2) is 42.5 Å². The fourth-order valence-electron chi connectivity index (χ4n) is 4.93. The molecule has 0 spiro atoms. The standard InChI is InChI=1S/C27H35FN4O3/c1-18-6-4-8-23(12-18)30-27(34)31-11-5-7-22(17-31)26(33)29-14-21-9-10-25(24(28)13-21)32-15-19(2)35-20(3)16-32/h4,6,8-10,12-13,19-20,22H,5,7,11,14-17H2,1-3H3,(H,29,33)(H,30,34). The molecule has 2 aliphatic rings. The predicted molar refractivity (Wildman–Crippen MR) is 135 cm³/mol. The van der Waals surface area contributed by atoms with Crippen LogP contribution < -0.4 is 15.5 Å². The Hall–Kier alpha value is -3.13. The van der Waals surface area contributed by atoms with Gasteiger partial charge in [-0.15, -0.1) is 0 Å². The van der Waals surface area contributed by atoms with Crippen LogP contribution in [0.3, 0.4) is 0 Å². The maximum atomic E-state index is 14.9. The molecule has 3 amide bonds. The molecule has 7 nitrogen and oxygen atoms in total. The highest BCUT2D eigenvalue weighted by Crippen LogP contribution is 2.25. The lowest BCUT2D eigenvalue weighted by Gasteiger charge is -2.37. The van der Waals surface area contributed by atoms with Crippen LogP contribution in [0.2, 0.25) is 0 Å². The van der Waals surface area contributed by atoms with Gasteiger partial charge in [0.1, 0.15) is 5.82 Å². The molecule has 2 N–H and O–H groups in total. The zero-order valence-electron chi connectivity index (χ0n) is 20.7. The van der Waals surface area contributed by atoms with Gasteiger partial charge < -0.3 is 25.2 Å². The molecular weight excluding hydrogens is 447 g/mol. The van der Waals surface area contributed by atoms with Gasteiger partial charge in [-0.2, -0.15) is 0 Å². The molecule has 35 heavy (non-hydrogen) atoms. The number of anilines is 2. The molecule has 2 aromatic carbocycles. The average molecular weight is 483 g/mol. The van der Waals surface area contributed by atoms with Crippen LogP contribution in [0.25, 0.3) is 0 Å². The number of ether oxygens (including phenoxy) is 1. The summed E-state index contributed by atoms with van der Waals surface area (Å²) < 4.78 is 20.6. The summed E-state index contributed by atoms with van der Waals surface area (Å²) in [6, 6.07) is 12.6. The third kappa shape index (κ3) is 6.51. The Morgan fingerprint density at radius 3 is 2.57 bits per heavy atom. The van der Waals surface area contributed by atoms with E-state index in [0.717, 1.165) is 24.1 Å². The first-order valence-electron chi connectivity index (χ1n) is 12.4. The average Bonchev–Trinajstić information content (AvgIpc) is 2.82. The Balaban J connectivity index is 1.30. The Morgan fingerprint density at radius 2 is 1.86 bits per heavy atom. The molecule has 3 atom stereocenters. The van der Waals surface area contributed by atoms with Crippen molar-refractivity contribution in [1.29, 1.82) is 0 Å². The van der Waals surface area contributed by atoms with Crippen molar-refractivity contribution in [3.05, 3.63) is 59.4 Å². The van der Waals surface area contributed by atoms with E-state index in [1.54, 1.807) is 11.0 Å². The predicted octanol–water partition coefficient (Wildman–Crippen LogP) is 4.31. The Morgan fingerprint density at radius 1 is 1.09 bits per heavy atom. The Kier molecular flexibility index (Phi) is 7.90. The first-order valence-corrected chi connectivity index (χ1v) is 12.4. The number of morpholine rings is 1. The monoisotopic (exact) mass is 482 g/mol. The topological polar surface area (TPSA) is 73.9 Å². The summed E-state index contributed by atoms with van der Waals surface area (Å²) in [5, 5.41) is 5.84. The minimum atomic E-state index is -0.297. The van der Waals surface area contributed by atoms with E-state index in [9.17, 15) is 14.0 Å². The van der Waals surface area contributed by atoms with E-state index in [2.05, 4.69) is 10.6 Å². The largest absolute Gasteiger partial charge is 0.372 e. The van der Waals surface area contributed by atoms with E-state index in [-0.39, 0.29) is 42.4 Å². The van der Waals surface area contributed by atoms with Crippen molar-refractivity contribution in [2.75, 3.05) is 36.4 Å². The normalized spacial score (nSPS) is 22.6. The molecule has 2 heterocycles. The van der Waals surface area contributed by atoms with Gasteiger partial charge in [-0.3, -0.25) is 4.79 Å². The molecule has 2 aliphatic heterocycles. The molecule has 0 aliphatic carbocycles. The minimum Gasteiger partial charge on any atom is -0.372 e. The first kappa shape index (κ1) is 25.0. The second kappa shape index (κ2) is 11.1. The van der Waals surface area contributed by atoms with E-state index in [4.69, 9.17) is 4.74 Å². The van der Waals surface area contributed by atoms with Crippen molar-refractivity contribution in [2.45, 2.75) is 52.4 Å². The van der Waals surface area contributed by atoms with Gasteiger partial charge in [-0.1, -0.05) is 18.2 Å². The number of urea groups is 1. The van der Waals surface area contributed by atoms with Crippen molar-refractivity contribution >= 4 is 23.3 Å². The smallest absolute Gasteiger partial charge is 0.321 e. The number of nitrogens with one attached hydrogen (secondary N) is 2. The van der Waals surface area contributed by atoms with E-state index >= 15 is 0 Å². The molecule has 0 aromatic heterocycles. The van der Waals surface area contributed by atoms with E-state index in [1.165, 1.54) is 6.07 Å². The lowest BCUT2D eigenvalue weighted by atomic mass is 9.97. The lowest BCUT2D eigenvalue weighted by molar-refractivity contribution is -0.126. The molecule has 8 heteroatoms. The summed E-state index contributed by atoms with van der Waals surface area (Å²) in [5.74, 6) is -0.694. The summed E-state index contributed by atoms with van der Waals surface area (Å²) in [4.78, 5) is 29.2.